The second-order valence-corrected chi connectivity index (χ2v) is 3.10. The zero-order valence-electron chi connectivity index (χ0n) is 9.01. The summed E-state index contributed by atoms with van der Waals surface area (Å²) in [6, 6.07) is 7.44. The Balaban J connectivity index is 2.46. The third-order valence-corrected chi connectivity index (χ3v) is 1.93. The maximum Gasteiger partial charge on any atom is 0.245 e. The van der Waals surface area contributed by atoms with Crippen LogP contribution in [0.15, 0.2) is 29.3 Å². The van der Waals surface area contributed by atoms with E-state index in [1.54, 1.807) is 18.8 Å². The van der Waals surface area contributed by atoms with E-state index in [-0.39, 0.29) is 6.42 Å². The Labute approximate surface area is 93.7 Å². The molecule has 0 aromatic heterocycles. The first kappa shape index (κ1) is 12.2. The van der Waals surface area contributed by atoms with Crippen molar-refractivity contribution in [1.29, 1.82) is 0 Å². The molecule has 5 heteroatoms. The lowest BCUT2D eigenvalue weighted by Gasteiger charge is -1.99. The average Bonchev–Trinajstić information content (AvgIpc) is 2.34. The first-order valence-corrected chi connectivity index (χ1v) is 4.83. The van der Waals surface area contributed by atoms with Crippen LogP contribution in [0.25, 0.3) is 0 Å². The maximum absolute atomic E-state index is 10.7. The molecule has 86 valence electrons. The molecule has 1 aromatic carbocycles. The molecule has 0 atom stereocenters. The molecule has 16 heavy (non-hydrogen) atoms. The topological polar surface area (TPSA) is 70.9 Å². The summed E-state index contributed by atoms with van der Waals surface area (Å²) in [6.07, 6.45) is 1.82. The van der Waals surface area contributed by atoms with Crippen LogP contribution in [0.5, 0.6) is 5.75 Å². The standard InChI is InChI=1S/C11H14N2O3/c1-16-10-4-2-3-9(7-10)8-12-6-5-11(14)13-15/h2-4,7-8,15H,5-6H2,1H3,(H,13,14). The molecule has 0 aliphatic rings. The van der Waals surface area contributed by atoms with Crippen molar-refractivity contribution >= 4 is 12.1 Å². The molecular weight excluding hydrogens is 208 g/mol. The summed E-state index contributed by atoms with van der Waals surface area (Å²) in [5.41, 5.74) is 2.46. The van der Waals surface area contributed by atoms with Crippen LogP contribution in [-0.4, -0.2) is 31.0 Å². The third kappa shape index (κ3) is 4.10. The second-order valence-electron chi connectivity index (χ2n) is 3.10. The minimum Gasteiger partial charge on any atom is -0.497 e. The lowest BCUT2D eigenvalue weighted by molar-refractivity contribution is -0.128. The van der Waals surface area contributed by atoms with E-state index in [2.05, 4.69) is 4.99 Å². The van der Waals surface area contributed by atoms with Crippen LogP contribution < -0.4 is 10.2 Å². The van der Waals surface area contributed by atoms with Gasteiger partial charge in [0.25, 0.3) is 0 Å². The minimum atomic E-state index is -0.442. The van der Waals surface area contributed by atoms with Gasteiger partial charge in [0.05, 0.1) is 7.11 Å². The van der Waals surface area contributed by atoms with E-state index >= 15 is 0 Å². The highest BCUT2D eigenvalue weighted by atomic mass is 16.5. The number of carbonyl (C=O) groups is 1. The summed E-state index contributed by atoms with van der Waals surface area (Å²) in [6.45, 7) is 0.337. The second kappa shape index (κ2) is 6.58. The van der Waals surface area contributed by atoms with Crippen LogP contribution in [-0.2, 0) is 4.79 Å². The smallest absolute Gasteiger partial charge is 0.245 e. The number of nitrogens with zero attached hydrogens (tertiary/aromatic N) is 1. The van der Waals surface area contributed by atoms with Gasteiger partial charge in [-0.2, -0.15) is 0 Å². The summed E-state index contributed by atoms with van der Waals surface area (Å²) in [7, 11) is 1.60. The number of amides is 1. The van der Waals surface area contributed by atoms with Crippen LogP contribution in [0, 0.1) is 0 Å². The molecular formula is C11H14N2O3. The van der Waals surface area contributed by atoms with Crippen molar-refractivity contribution in [3.8, 4) is 5.75 Å². The summed E-state index contributed by atoms with van der Waals surface area (Å²) in [4.78, 5) is 14.7. The van der Waals surface area contributed by atoms with Gasteiger partial charge in [-0.1, -0.05) is 12.1 Å². The van der Waals surface area contributed by atoms with Gasteiger partial charge in [0.15, 0.2) is 0 Å². The van der Waals surface area contributed by atoms with Gasteiger partial charge in [0.2, 0.25) is 5.91 Å². The zero-order valence-corrected chi connectivity index (χ0v) is 9.01. The number of ether oxygens (including phenoxy) is 1. The highest BCUT2D eigenvalue weighted by Gasteiger charge is 1.96. The van der Waals surface area contributed by atoms with Gasteiger partial charge >= 0.3 is 0 Å². The van der Waals surface area contributed by atoms with Gasteiger partial charge in [-0.15, -0.1) is 0 Å². The number of hydrogen-bond acceptors (Lipinski definition) is 4. The molecule has 5 nitrogen and oxygen atoms in total. The Hall–Kier alpha value is -1.88. The van der Waals surface area contributed by atoms with Gasteiger partial charge in [0, 0.05) is 19.2 Å². The predicted molar refractivity (Wildman–Crippen MR) is 60.0 cm³/mol. The van der Waals surface area contributed by atoms with Crippen LogP contribution in [0.2, 0.25) is 0 Å². The largest absolute Gasteiger partial charge is 0.497 e. The summed E-state index contributed by atoms with van der Waals surface area (Å²) < 4.78 is 5.06. The normalized spacial score (nSPS) is 10.4. The Morgan fingerprint density at radius 3 is 3.12 bits per heavy atom. The number of rotatable bonds is 5. The van der Waals surface area contributed by atoms with Crippen molar-refractivity contribution < 1.29 is 14.7 Å². The van der Waals surface area contributed by atoms with E-state index in [0.29, 0.717) is 6.54 Å². The van der Waals surface area contributed by atoms with Gasteiger partial charge in [-0.3, -0.25) is 15.0 Å². The maximum atomic E-state index is 10.7. The molecule has 2 N–H and O–H groups in total. The fraction of sp³-hybridized carbons (Fsp3) is 0.273. The Kier molecular flexibility index (Phi) is 5.01. The molecule has 1 aromatic rings. The van der Waals surface area contributed by atoms with Crippen LogP contribution in [0.1, 0.15) is 12.0 Å². The first-order valence-electron chi connectivity index (χ1n) is 4.83. The highest BCUT2D eigenvalue weighted by Crippen LogP contribution is 2.10. The summed E-state index contributed by atoms with van der Waals surface area (Å²) in [5, 5.41) is 8.25. The number of nitrogens with one attached hydrogen (secondary N) is 1. The average molecular weight is 222 g/mol. The molecule has 1 amide bonds. The molecule has 0 saturated carbocycles. The van der Waals surface area contributed by atoms with Crippen molar-refractivity contribution in [2.45, 2.75) is 6.42 Å². The van der Waals surface area contributed by atoms with E-state index in [4.69, 9.17) is 9.94 Å². The molecule has 0 aliphatic carbocycles. The lowest BCUT2D eigenvalue weighted by atomic mass is 10.2. The molecule has 1 rings (SSSR count). The van der Waals surface area contributed by atoms with E-state index in [0.717, 1.165) is 11.3 Å². The van der Waals surface area contributed by atoms with Gasteiger partial charge in [-0.05, 0) is 17.7 Å². The fourth-order valence-electron chi connectivity index (χ4n) is 1.11. The first-order chi connectivity index (χ1) is 7.76. The Bertz CT molecular complexity index is 377. The molecule has 0 spiro atoms. The monoisotopic (exact) mass is 222 g/mol. The van der Waals surface area contributed by atoms with Crippen LogP contribution >= 0.6 is 0 Å². The highest BCUT2D eigenvalue weighted by molar-refractivity contribution is 5.80. The number of benzene rings is 1. The Morgan fingerprint density at radius 2 is 2.44 bits per heavy atom. The number of hydroxylamine groups is 1. The number of hydrogen-bond donors (Lipinski definition) is 2. The van der Waals surface area contributed by atoms with Crippen molar-refractivity contribution in [2.75, 3.05) is 13.7 Å². The molecule has 0 saturated heterocycles. The number of methoxy groups -OCH3 is 1. The van der Waals surface area contributed by atoms with Crippen molar-refractivity contribution in [3.05, 3.63) is 29.8 Å². The Morgan fingerprint density at radius 1 is 1.62 bits per heavy atom. The zero-order chi connectivity index (χ0) is 11.8. The van der Waals surface area contributed by atoms with E-state index in [1.807, 2.05) is 24.3 Å². The fourth-order valence-corrected chi connectivity index (χ4v) is 1.11. The van der Waals surface area contributed by atoms with E-state index in [9.17, 15) is 4.79 Å². The summed E-state index contributed by atoms with van der Waals surface area (Å²) >= 11 is 0. The molecule has 0 unspecified atom stereocenters. The van der Waals surface area contributed by atoms with E-state index < -0.39 is 5.91 Å². The van der Waals surface area contributed by atoms with Crippen molar-refractivity contribution in [2.24, 2.45) is 4.99 Å². The van der Waals surface area contributed by atoms with Gasteiger partial charge in [0.1, 0.15) is 5.75 Å². The molecule has 0 aliphatic heterocycles. The van der Waals surface area contributed by atoms with Crippen molar-refractivity contribution in [3.63, 3.8) is 0 Å². The molecule has 0 heterocycles. The number of aliphatic imine (C=N–C) groups is 1. The molecule has 0 bridgehead atoms. The molecule has 0 fully saturated rings. The van der Waals surface area contributed by atoms with Crippen molar-refractivity contribution in [1.82, 2.24) is 5.48 Å². The lowest BCUT2D eigenvalue weighted by Crippen LogP contribution is -2.18. The third-order valence-electron chi connectivity index (χ3n) is 1.93. The van der Waals surface area contributed by atoms with Gasteiger partial charge in [-0.25, -0.2) is 5.48 Å². The SMILES string of the molecule is COc1cccc(C=NCCC(=O)NO)c1. The van der Waals surface area contributed by atoms with E-state index in [1.165, 1.54) is 0 Å². The number of carbonyl (C=O) groups excluding carboxylic acids is 1. The predicted octanol–water partition coefficient (Wildman–Crippen LogP) is 1.01. The summed E-state index contributed by atoms with van der Waals surface area (Å²) in [5.74, 6) is 0.319. The van der Waals surface area contributed by atoms with Gasteiger partial charge < -0.3 is 4.74 Å². The van der Waals surface area contributed by atoms with Crippen LogP contribution in [0.4, 0.5) is 0 Å². The minimum absolute atomic E-state index is 0.164. The van der Waals surface area contributed by atoms with Crippen LogP contribution in [0.3, 0.4) is 0 Å². The molecule has 0 radical (unpaired) electrons. The quantitative estimate of drug-likeness (QED) is 0.443.